The first-order valence-electron chi connectivity index (χ1n) is 19.0. The molecule has 5 aromatic rings. The number of nitrogens with zero attached hydrogens (tertiary/aromatic N) is 4. The van der Waals surface area contributed by atoms with Crippen LogP contribution in [0.4, 0.5) is 34.1 Å². The number of anilines is 4. The van der Waals surface area contributed by atoms with Gasteiger partial charge in [0.2, 0.25) is 12.1 Å². The number of alkyl halides is 2. The minimum absolute atomic E-state index is 0.0443. The molecule has 0 aliphatic carbocycles. The average Bonchev–Trinajstić information content (AvgIpc) is 3.23. The average molecular weight is 986 g/mol. The fourth-order valence-electron chi connectivity index (χ4n) is 5.82. The second kappa shape index (κ2) is 22.2. The molecular weight excluding hydrogens is 949 g/mol. The van der Waals surface area contributed by atoms with Crippen molar-refractivity contribution in [2.75, 3.05) is 21.3 Å². The molecule has 0 aliphatic rings. The molecular formula is C44H36Cl6N8O6. The van der Waals surface area contributed by atoms with Gasteiger partial charge in [-0.15, -0.1) is 23.2 Å². The molecule has 4 N–H and O–H groups in total. The molecule has 4 unspecified atom stereocenters. The summed E-state index contributed by atoms with van der Waals surface area (Å²) in [6, 6.07) is 21.5. The summed E-state index contributed by atoms with van der Waals surface area (Å²) in [4.78, 5) is 78.2. The van der Waals surface area contributed by atoms with E-state index in [2.05, 4.69) is 41.7 Å². The molecule has 0 aromatic heterocycles. The summed E-state index contributed by atoms with van der Waals surface area (Å²) in [6.45, 7) is 5.78. The van der Waals surface area contributed by atoms with Crippen molar-refractivity contribution in [3.05, 3.63) is 139 Å². The molecule has 0 bridgehead atoms. The summed E-state index contributed by atoms with van der Waals surface area (Å²) < 4.78 is 0. The number of carbonyl (C=O) groups is 6. The number of amides is 4. The van der Waals surface area contributed by atoms with Crippen LogP contribution in [0.25, 0.3) is 0 Å². The maximum Gasteiger partial charge on any atom is 0.258 e. The topological polar surface area (TPSA) is 200 Å². The Balaban J connectivity index is 1.26. The summed E-state index contributed by atoms with van der Waals surface area (Å²) in [6.07, 6.45) is 0. The Morgan fingerprint density at radius 2 is 0.828 bits per heavy atom. The van der Waals surface area contributed by atoms with Crippen LogP contribution in [-0.4, -0.2) is 47.3 Å². The van der Waals surface area contributed by atoms with Crippen molar-refractivity contribution >= 4 is 139 Å². The van der Waals surface area contributed by atoms with Crippen molar-refractivity contribution in [2.24, 2.45) is 20.5 Å². The molecule has 0 spiro atoms. The molecule has 0 heterocycles. The highest BCUT2D eigenvalue weighted by Gasteiger charge is 2.27. The Labute approximate surface area is 397 Å². The van der Waals surface area contributed by atoms with Gasteiger partial charge in [0.15, 0.2) is 11.6 Å². The van der Waals surface area contributed by atoms with Gasteiger partial charge in [0.1, 0.15) is 0 Å². The standard InChI is InChI=1S/C44H36Cl6N8O6/c1-21(45)27-9-5-7-11-35(27)51-41(61)29-17-25(13-15-31(29)47)55-57-39(23(3)59)43(63)53-37-19-34(50)38(20-33(37)49)54-44(64)40(24(4)60)58-56-26-14-16-32(48)30(18-26)42(62)52-36-12-8-6-10-28(36)22(2)46/h5-22,39-40H,1-4H3,(H,51,61)(H,52,62)(H,53,63)(H,54,64). The number of nitrogens with one attached hydrogen (secondary N) is 4. The molecule has 4 atom stereocenters. The molecule has 5 rings (SSSR count). The molecule has 4 amide bonds. The van der Waals surface area contributed by atoms with Gasteiger partial charge in [-0.25, -0.2) is 0 Å². The largest absolute Gasteiger partial charge is 0.322 e. The molecule has 64 heavy (non-hydrogen) atoms. The second-order valence-electron chi connectivity index (χ2n) is 13.9. The van der Waals surface area contributed by atoms with E-state index in [1.807, 2.05) is 0 Å². The minimum atomic E-state index is -1.66. The normalized spacial score (nSPS) is 13.2. The number of halogens is 6. The highest BCUT2D eigenvalue weighted by Crippen LogP contribution is 2.35. The van der Waals surface area contributed by atoms with Crippen LogP contribution in [0.3, 0.4) is 0 Å². The molecule has 0 aliphatic heterocycles. The van der Waals surface area contributed by atoms with E-state index >= 15 is 0 Å². The summed E-state index contributed by atoms with van der Waals surface area (Å²) in [5.41, 5.74) is 2.54. The van der Waals surface area contributed by atoms with Crippen LogP contribution in [0.5, 0.6) is 0 Å². The highest BCUT2D eigenvalue weighted by atomic mass is 35.5. The Bertz CT molecular complexity index is 2530. The Kier molecular flexibility index (Phi) is 17.1. The zero-order valence-electron chi connectivity index (χ0n) is 34.1. The Hall–Kier alpha value is -5.74. The van der Waals surface area contributed by atoms with E-state index < -0.39 is 58.0 Å². The van der Waals surface area contributed by atoms with Crippen LogP contribution in [0.2, 0.25) is 20.1 Å². The van der Waals surface area contributed by atoms with Crippen LogP contribution in [0.1, 0.15) is 70.3 Å². The first-order valence-corrected chi connectivity index (χ1v) is 21.3. The van der Waals surface area contributed by atoms with Gasteiger partial charge < -0.3 is 21.3 Å². The molecule has 0 fully saturated rings. The van der Waals surface area contributed by atoms with E-state index in [0.717, 1.165) is 13.8 Å². The third-order valence-electron chi connectivity index (χ3n) is 9.08. The van der Waals surface area contributed by atoms with Crippen molar-refractivity contribution in [3.63, 3.8) is 0 Å². The van der Waals surface area contributed by atoms with Crippen LogP contribution in [0, 0.1) is 0 Å². The number of para-hydroxylation sites is 2. The molecule has 0 saturated heterocycles. The highest BCUT2D eigenvalue weighted by molar-refractivity contribution is 6.38. The summed E-state index contributed by atoms with van der Waals surface area (Å²) in [7, 11) is 0. The predicted molar refractivity (Wildman–Crippen MR) is 252 cm³/mol. The monoisotopic (exact) mass is 982 g/mol. The molecule has 20 heteroatoms. The van der Waals surface area contributed by atoms with Crippen LogP contribution in [0.15, 0.2) is 118 Å². The van der Waals surface area contributed by atoms with Crippen LogP contribution in [-0.2, 0) is 19.2 Å². The van der Waals surface area contributed by atoms with Gasteiger partial charge in [-0.05, 0) is 99.5 Å². The van der Waals surface area contributed by atoms with E-state index in [1.54, 1.807) is 62.4 Å². The van der Waals surface area contributed by atoms with Gasteiger partial charge in [-0.1, -0.05) is 82.8 Å². The van der Waals surface area contributed by atoms with Crippen LogP contribution < -0.4 is 21.3 Å². The third-order valence-corrected chi connectivity index (χ3v) is 10.8. The number of rotatable bonds is 16. The maximum atomic E-state index is 13.3. The maximum absolute atomic E-state index is 13.3. The quantitative estimate of drug-likeness (QED) is 0.0430. The van der Waals surface area contributed by atoms with Crippen molar-refractivity contribution in [3.8, 4) is 0 Å². The van der Waals surface area contributed by atoms with Gasteiger partial charge in [-0.3, -0.25) is 28.8 Å². The number of ketones is 2. The van der Waals surface area contributed by atoms with E-state index in [9.17, 15) is 28.8 Å². The van der Waals surface area contributed by atoms with Gasteiger partial charge in [-0.2, -0.15) is 20.5 Å². The molecule has 14 nitrogen and oxygen atoms in total. The fourth-order valence-corrected chi connectivity index (χ4v) is 7.03. The van der Waals surface area contributed by atoms with Crippen molar-refractivity contribution in [1.29, 1.82) is 0 Å². The van der Waals surface area contributed by atoms with E-state index in [-0.39, 0.29) is 54.0 Å². The lowest BCUT2D eigenvalue weighted by atomic mass is 10.1. The fraction of sp³-hybridized carbons (Fsp3) is 0.182. The summed E-state index contributed by atoms with van der Waals surface area (Å²) in [5, 5.41) is 25.6. The van der Waals surface area contributed by atoms with Gasteiger partial charge in [0.25, 0.3) is 23.6 Å². The number of carbonyl (C=O) groups excluding carboxylic acids is 6. The first-order chi connectivity index (χ1) is 30.3. The number of azo groups is 2. The first kappa shape index (κ1) is 49.3. The van der Waals surface area contributed by atoms with E-state index in [1.165, 1.54) is 48.5 Å². The lowest BCUT2D eigenvalue weighted by Crippen LogP contribution is -2.32. The summed E-state index contributed by atoms with van der Waals surface area (Å²) >= 11 is 38.1. The lowest BCUT2D eigenvalue weighted by molar-refractivity contribution is -0.127. The van der Waals surface area contributed by atoms with Crippen molar-refractivity contribution < 1.29 is 28.8 Å². The smallest absolute Gasteiger partial charge is 0.258 e. The molecule has 0 radical (unpaired) electrons. The molecule has 5 aromatic carbocycles. The third kappa shape index (κ3) is 12.7. The van der Waals surface area contributed by atoms with E-state index in [0.29, 0.717) is 22.5 Å². The lowest BCUT2D eigenvalue weighted by Gasteiger charge is -2.15. The zero-order chi connectivity index (χ0) is 46.8. The van der Waals surface area contributed by atoms with Gasteiger partial charge >= 0.3 is 0 Å². The summed E-state index contributed by atoms with van der Waals surface area (Å²) in [5.74, 6) is -4.35. The van der Waals surface area contributed by atoms with E-state index in [4.69, 9.17) is 69.6 Å². The van der Waals surface area contributed by atoms with Crippen molar-refractivity contribution in [1.82, 2.24) is 0 Å². The predicted octanol–water partition coefficient (Wildman–Crippen LogP) is 12.8. The molecule has 330 valence electrons. The number of benzene rings is 5. The number of hydrogen-bond acceptors (Lipinski definition) is 10. The minimum Gasteiger partial charge on any atom is -0.322 e. The van der Waals surface area contributed by atoms with Gasteiger partial charge in [0, 0.05) is 11.4 Å². The van der Waals surface area contributed by atoms with Crippen LogP contribution >= 0.6 is 69.6 Å². The SMILES string of the molecule is CC(=O)C(N=Nc1ccc(Cl)c(C(=O)Nc2ccccc2C(C)Cl)c1)C(=O)Nc1cc(Cl)c(NC(=O)C(N=Nc2ccc(Cl)c(C(=O)Nc3ccccc3C(C)Cl)c2)C(C)=O)cc1Cl. The van der Waals surface area contributed by atoms with Crippen molar-refractivity contribution in [2.45, 2.75) is 50.5 Å². The Morgan fingerprint density at radius 3 is 1.17 bits per heavy atom. The Morgan fingerprint density at radius 1 is 0.469 bits per heavy atom. The number of hydrogen-bond donors (Lipinski definition) is 4. The zero-order valence-corrected chi connectivity index (χ0v) is 38.6. The number of Topliss-reactive ketones (excluding diaryl/α,β-unsaturated/α-hetero) is 2. The molecule has 0 saturated carbocycles. The second-order valence-corrected chi connectivity index (χ2v) is 16.8. The van der Waals surface area contributed by atoms with Gasteiger partial charge in [0.05, 0.1) is 64.7 Å².